The first-order valence-electron chi connectivity index (χ1n) is 14.8. The molecule has 0 bridgehead atoms. The zero-order valence-electron chi connectivity index (χ0n) is 23.4. The van der Waals surface area contributed by atoms with E-state index in [-0.39, 0.29) is 18.5 Å². The molecule has 9 rings (SSSR count). The summed E-state index contributed by atoms with van der Waals surface area (Å²) in [5.74, 6) is 0. The molecular weight excluding hydrogens is 526 g/mol. The summed E-state index contributed by atoms with van der Waals surface area (Å²) < 4.78 is 6.15. The molecule has 3 unspecified atom stereocenters. The summed E-state index contributed by atoms with van der Waals surface area (Å²) in [5, 5.41) is 13.7. The third-order valence-electron chi connectivity index (χ3n) is 9.18. The topological polar surface area (TPSA) is 54.4 Å². The molecule has 206 valence electrons. The highest BCUT2D eigenvalue weighted by Gasteiger charge is 2.44. The van der Waals surface area contributed by atoms with Crippen LogP contribution in [0.4, 0.5) is 0 Å². The van der Waals surface area contributed by atoms with Gasteiger partial charge in [0.2, 0.25) is 0 Å². The Hall–Kier alpha value is -5.00. The van der Waals surface area contributed by atoms with Crippen molar-refractivity contribution >= 4 is 54.3 Å². The van der Waals surface area contributed by atoms with Crippen LogP contribution in [-0.2, 0) is 0 Å². The predicted molar refractivity (Wildman–Crippen MR) is 177 cm³/mol. The average Bonchev–Trinajstić information content (AvgIpc) is 3.42. The fourth-order valence-electron chi connectivity index (χ4n) is 7.10. The van der Waals surface area contributed by atoms with Crippen LogP contribution in [-0.4, -0.2) is 4.90 Å². The molecule has 1 fully saturated rings. The smallest absolute Gasteiger partial charge is 0.135 e. The van der Waals surface area contributed by atoms with Gasteiger partial charge in [-0.3, -0.25) is 5.32 Å². The fourth-order valence-corrected chi connectivity index (χ4v) is 7.10. The van der Waals surface area contributed by atoms with Crippen molar-refractivity contribution in [3.05, 3.63) is 156 Å². The highest BCUT2D eigenvalue weighted by molar-refractivity contribution is 6.14. The number of fused-ring (bicyclic) bond motifs is 7. The van der Waals surface area contributed by atoms with Gasteiger partial charge in [-0.25, -0.2) is 4.90 Å². The van der Waals surface area contributed by atoms with Crippen LogP contribution in [0.5, 0.6) is 0 Å². The minimum Gasteiger partial charge on any atom is -0.456 e. The normalized spacial score (nSPS) is 18.1. The van der Waals surface area contributed by atoms with Crippen molar-refractivity contribution in [3.8, 4) is 0 Å². The van der Waals surface area contributed by atoms with E-state index in [9.17, 15) is 0 Å². The van der Waals surface area contributed by atoms with E-state index in [1.807, 2.05) is 18.2 Å². The van der Waals surface area contributed by atoms with Crippen LogP contribution in [0, 0.1) is 0 Å². The Balaban J connectivity index is 1.25. The summed E-state index contributed by atoms with van der Waals surface area (Å²) in [7, 11) is 0. The lowest BCUT2D eigenvalue weighted by Crippen LogP contribution is -2.60. The van der Waals surface area contributed by atoms with Gasteiger partial charge in [-0.1, -0.05) is 115 Å². The van der Waals surface area contributed by atoms with Gasteiger partial charge in [0.25, 0.3) is 0 Å². The van der Waals surface area contributed by atoms with Gasteiger partial charge in [0.15, 0.2) is 0 Å². The van der Waals surface area contributed by atoms with E-state index in [4.69, 9.17) is 10.2 Å². The Morgan fingerprint density at radius 2 is 1.23 bits per heavy atom. The van der Waals surface area contributed by atoms with Gasteiger partial charge in [0.05, 0.1) is 18.5 Å². The molecule has 1 aromatic heterocycles. The average molecular weight is 556 g/mol. The van der Waals surface area contributed by atoms with Crippen LogP contribution in [0.3, 0.4) is 0 Å². The lowest BCUT2D eigenvalue weighted by molar-refractivity contribution is -0.0672. The molecule has 0 saturated carbocycles. The van der Waals surface area contributed by atoms with Crippen molar-refractivity contribution in [3.63, 3.8) is 0 Å². The second-order valence-corrected chi connectivity index (χ2v) is 11.5. The van der Waals surface area contributed by atoms with Gasteiger partial charge in [-0.05, 0) is 73.3 Å². The van der Waals surface area contributed by atoms with Crippen LogP contribution < -0.4 is 11.1 Å². The monoisotopic (exact) mass is 555 g/mol. The molecule has 0 spiro atoms. The SMILES string of the molecule is NC(c1ccccc1)N1C(c2ccc3oc4ccccc4c3c2)NC1c1c2ccccc2cc2c1ccc1ccccc12. The molecule has 3 atom stereocenters. The number of nitrogens with zero attached hydrogens (tertiary/aromatic N) is 1. The number of nitrogens with one attached hydrogen (secondary N) is 1. The van der Waals surface area contributed by atoms with Gasteiger partial charge in [-0.15, -0.1) is 0 Å². The van der Waals surface area contributed by atoms with E-state index in [1.165, 1.54) is 37.9 Å². The molecule has 8 aromatic rings. The first-order valence-corrected chi connectivity index (χ1v) is 14.8. The second-order valence-electron chi connectivity index (χ2n) is 11.5. The standard InChI is InChI=1S/C39H29N3O/c40-37(25-11-2-1-3-12-25)42-38(27-19-21-35-33(23-27)30-16-8-9-17-34(30)43-35)41-39(42)36-29-15-7-5-13-26(29)22-32-28-14-6-4-10-24(28)18-20-31(32)36/h1-23,37-39,41H,40H2. The van der Waals surface area contributed by atoms with Crippen molar-refractivity contribution in [2.45, 2.75) is 18.5 Å². The highest BCUT2D eigenvalue weighted by Crippen LogP contribution is 2.48. The lowest BCUT2D eigenvalue weighted by atomic mass is 9.88. The number of rotatable bonds is 4. The molecule has 43 heavy (non-hydrogen) atoms. The summed E-state index contributed by atoms with van der Waals surface area (Å²) in [6, 6.07) is 49.4. The number of para-hydroxylation sites is 1. The summed E-state index contributed by atoms with van der Waals surface area (Å²) in [6.45, 7) is 0. The fraction of sp³-hybridized carbons (Fsp3) is 0.0769. The molecule has 2 heterocycles. The molecule has 7 aromatic carbocycles. The van der Waals surface area contributed by atoms with Crippen molar-refractivity contribution < 1.29 is 4.42 Å². The molecule has 1 aliphatic rings. The maximum Gasteiger partial charge on any atom is 0.135 e. The Labute approximate surface area is 248 Å². The minimum atomic E-state index is -0.316. The van der Waals surface area contributed by atoms with E-state index < -0.39 is 0 Å². The van der Waals surface area contributed by atoms with Crippen molar-refractivity contribution in [2.75, 3.05) is 0 Å². The molecule has 0 aliphatic carbocycles. The largest absolute Gasteiger partial charge is 0.456 e. The first-order chi connectivity index (χ1) is 21.2. The van der Waals surface area contributed by atoms with Gasteiger partial charge < -0.3 is 10.2 Å². The summed E-state index contributed by atoms with van der Waals surface area (Å²) in [5.41, 5.74) is 12.5. The summed E-state index contributed by atoms with van der Waals surface area (Å²) in [4.78, 5) is 2.43. The first kappa shape index (κ1) is 24.6. The molecule has 3 N–H and O–H groups in total. The third kappa shape index (κ3) is 3.75. The number of hydrogen-bond donors (Lipinski definition) is 2. The van der Waals surface area contributed by atoms with Crippen molar-refractivity contribution in [2.24, 2.45) is 5.73 Å². The molecule has 1 aliphatic heterocycles. The van der Waals surface area contributed by atoms with E-state index in [2.05, 4.69) is 132 Å². The number of furan rings is 1. The summed E-state index contributed by atoms with van der Waals surface area (Å²) >= 11 is 0. The van der Waals surface area contributed by atoms with Crippen molar-refractivity contribution in [1.29, 1.82) is 0 Å². The minimum absolute atomic E-state index is 0.0762. The van der Waals surface area contributed by atoms with Crippen LogP contribution in [0.25, 0.3) is 54.3 Å². The number of hydrogen-bond acceptors (Lipinski definition) is 4. The van der Waals surface area contributed by atoms with Gasteiger partial charge in [-0.2, -0.15) is 0 Å². The molecule has 4 nitrogen and oxygen atoms in total. The zero-order chi connectivity index (χ0) is 28.5. The van der Waals surface area contributed by atoms with Crippen LogP contribution in [0.1, 0.15) is 35.2 Å². The second kappa shape index (κ2) is 9.51. The molecule has 4 heteroatoms. The number of benzene rings is 7. The Morgan fingerprint density at radius 3 is 2.09 bits per heavy atom. The third-order valence-corrected chi connectivity index (χ3v) is 9.18. The van der Waals surface area contributed by atoms with Gasteiger partial charge in [0.1, 0.15) is 11.2 Å². The molecule has 1 saturated heterocycles. The van der Waals surface area contributed by atoms with E-state index >= 15 is 0 Å². The Kier molecular flexibility index (Phi) is 5.44. The highest BCUT2D eigenvalue weighted by atomic mass is 16.3. The maximum atomic E-state index is 7.19. The van der Waals surface area contributed by atoms with Crippen LogP contribution in [0.15, 0.2) is 144 Å². The molecule has 0 radical (unpaired) electrons. The summed E-state index contributed by atoms with van der Waals surface area (Å²) in [6.07, 6.45) is -0.483. The van der Waals surface area contributed by atoms with Gasteiger partial charge in [0, 0.05) is 10.8 Å². The number of nitrogens with two attached hydrogens (primary N) is 1. The van der Waals surface area contributed by atoms with E-state index in [0.717, 1.165) is 33.1 Å². The lowest BCUT2D eigenvalue weighted by Gasteiger charge is -2.53. The predicted octanol–water partition coefficient (Wildman–Crippen LogP) is 9.31. The molecule has 0 amide bonds. The Morgan fingerprint density at radius 1 is 0.535 bits per heavy atom. The van der Waals surface area contributed by atoms with Crippen LogP contribution >= 0.6 is 0 Å². The van der Waals surface area contributed by atoms with Crippen LogP contribution in [0.2, 0.25) is 0 Å². The maximum absolute atomic E-state index is 7.19. The van der Waals surface area contributed by atoms with E-state index in [1.54, 1.807) is 0 Å². The molecular formula is C39H29N3O. The quantitative estimate of drug-likeness (QED) is 0.168. The van der Waals surface area contributed by atoms with E-state index in [0.29, 0.717) is 0 Å². The zero-order valence-corrected chi connectivity index (χ0v) is 23.4. The van der Waals surface area contributed by atoms with Crippen molar-refractivity contribution in [1.82, 2.24) is 10.2 Å². The Bertz CT molecular complexity index is 2320. The van der Waals surface area contributed by atoms with Gasteiger partial charge >= 0.3 is 0 Å².